The Morgan fingerprint density at radius 1 is 1.20 bits per heavy atom. The fourth-order valence-corrected chi connectivity index (χ4v) is 4.48. The number of halogens is 1. The van der Waals surface area contributed by atoms with Crippen LogP contribution in [-0.2, 0) is 6.54 Å². The Morgan fingerprint density at radius 2 is 2.03 bits per heavy atom. The van der Waals surface area contributed by atoms with E-state index in [9.17, 15) is 9.18 Å². The summed E-state index contributed by atoms with van der Waals surface area (Å²) in [5.41, 5.74) is 9.50. The van der Waals surface area contributed by atoms with E-state index in [0.29, 0.717) is 40.7 Å². The van der Waals surface area contributed by atoms with Crippen molar-refractivity contribution < 1.29 is 13.9 Å². The molecule has 1 aliphatic rings. The Balaban J connectivity index is 1.32. The molecule has 1 saturated carbocycles. The molecule has 180 valence electrons. The van der Waals surface area contributed by atoms with Crippen LogP contribution in [0.5, 0.6) is 5.75 Å². The van der Waals surface area contributed by atoms with Crippen LogP contribution >= 0.6 is 0 Å². The highest BCUT2D eigenvalue weighted by Gasteiger charge is 2.18. The third kappa shape index (κ3) is 5.08. The number of aryl methyl sites for hydroxylation is 1. The minimum atomic E-state index is -0.369. The number of rotatable bonds is 7. The lowest BCUT2D eigenvalue weighted by Gasteiger charge is -2.16. The molecule has 0 radical (unpaired) electrons. The molecule has 9 heteroatoms. The summed E-state index contributed by atoms with van der Waals surface area (Å²) >= 11 is 0. The van der Waals surface area contributed by atoms with Gasteiger partial charge in [-0.25, -0.2) is 8.91 Å². The van der Waals surface area contributed by atoms with Crippen molar-refractivity contribution in [3.05, 3.63) is 71.4 Å². The minimum absolute atomic E-state index is 0.144. The van der Waals surface area contributed by atoms with Crippen LogP contribution < -0.4 is 15.8 Å². The Labute approximate surface area is 202 Å². The normalized spacial score (nSPS) is 13.9. The van der Waals surface area contributed by atoms with Gasteiger partial charge in [0.15, 0.2) is 5.65 Å². The highest BCUT2D eigenvalue weighted by Crippen LogP contribution is 2.27. The summed E-state index contributed by atoms with van der Waals surface area (Å²) in [4.78, 5) is 21.7. The molecule has 5 rings (SSSR count). The molecule has 0 spiro atoms. The van der Waals surface area contributed by atoms with Gasteiger partial charge in [0.05, 0.1) is 17.9 Å². The van der Waals surface area contributed by atoms with Crippen molar-refractivity contribution in [2.24, 2.45) is 5.92 Å². The fraction of sp³-hybridized carbons (Fsp3) is 0.308. The Bertz CT molecular complexity index is 1380. The number of benzene rings is 1. The summed E-state index contributed by atoms with van der Waals surface area (Å²) in [6.07, 6.45) is 8.24. The molecule has 3 aromatic heterocycles. The predicted octanol–water partition coefficient (Wildman–Crippen LogP) is 4.32. The second-order valence-corrected chi connectivity index (χ2v) is 8.94. The van der Waals surface area contributed by atoms with E-state index in [1.807, 2.05) is 12.1 Å². The van der Waals surface area contributed by atoms with Gasteiger partial charge in [-0.15, -0.1) is 5.10 Å². The van der Waals surface area contributed by atoms with Gasteiger partial charge in [0, 0.05) is 30.1 Å². The maximum Gasteiger partial charge on any atom is 0.253 e. The predicted molar refractivity (Wildman–Crippen MR) is 130 cm³/mol. The molecule has 0 bridgehead atoms. The first kappa shape index (κ1) is 22.8. The van der Waals surface area contributed by atoms with E-state index in [2.05, 4.69) is 20.4 Å². The van der Waals surface area contributed by atoms with Crippen molar-refractivity contribution in [1.29, 1.82) is 0 Å². The van der Waals surface area contributed by atoms with E-state index in [-0.39, 0.29) is 24.2 Å². The number of hydrogen-bond donors (Lipinski definition) is 2. The number of hydrogen-bond acceptors (Lipinski definition) is 6. The third-order valence-corrected chi connectivity index (χ3v) is 6.43. The molecule has 3 N–H and O–H groups in total. The van der Waals surface area contributed by atoms with E-state index in [1.54, 1.807) is 36.0 Å². The summed E-state index contributed by atoms with van der Waals surface area (Å²) in [5.74, 6) is 0.658. The van der Waals surface area contributed by atoms with Crippen LogP contribution in [0.25, 0.3) is 16.8 Å². The van der Waals surface area contributed by atoms with Crippen LogP contribution in [0.15, 0.2) is 48.8 Å². The van der Waals surface area contributed by atoms with Crippen LogP contribution in [0, 0.1) is 18.7 Å². The van der Waals surface area contributed by atoms with Crippen LogP contribution in [0.3, 0.4) is 0 Å². The molecule has 0 aliphatic heterocycles. The van der Waals surface area contributed by atoms with Crippen LogP contribution in [-0.4, -0.2) is 32.1 Å². The lowest BCUT2D eigenvalue weighted by atomic mass is 10.0. The second-order valence-electron chi connectivity index (χ2n) is 8.94. The number of anilines is 1. The number of ether oxygens (including phenoxy) is 1. The summed E-state index contributed by atoms with van der Waals surface area (Å²) in [7, 11) is 0. The molecular formula is C26H27FN6O2. The van der Waals surface area contributed by atoms with Crippen molar-refractivity contribution in [3.63, 3.8) is 0 Å². The molecule has 4 aromatic rings. The van der Waals surface area contributed by atoms with Crippen molar-refractivity contribution in [2.75, 3.05) is 12.3 Å². The average Bonchev–Trinajstić information content (AvgIpc) is 3.50. The Hall–Kier alpha value is -4.01. The highest BCUT2D eigenvalue weighted by atomic mass is 19.1. The standard InChI is InChI=1S/C26H27FN6O2/c1-16-22(11-19(13-29-16)18-8-9-33-24(12-18)31-26(28)32-33)25(34)30-14-20-10-21(27)6-7-23(20)35-15-17-4-2-3-5-17/h6-13,17H,2-5,14-15H2,1H3,(H2,28,32)(H,30,34). The summed E-state index contributed by atoms with van der Waals surface area (Å²) < 4.78 is 21.5. The van der Waals surface area contributed by atoms with E-state index < -0.39 is 0 Å². The van der Waals surface area contributed by atoms with Gasteiger partial charge in [0.1, 0.15) is 11.6 Å². The number of carbonyl (C=O) groups excluding carboxylic acids is 1. The van der Waals surface area contributed by atoms with E-state index in [0.717, 1.165) is 24.0 Å². The summed E-state index contributed by atoms with van der Waals surface area (Å²) in [6, 6.07) is 9.89. The molecule has 0 saturated heterocycles. The number of nitrogens with one attached hydrogen (secondary N) is 1. The molecule has 0 atom stereocenters. The zero-order chi connectivity index (χ0) is 24.4. The lowest BCUT2D eigenvalue weighted by Crippen LogP contribution is -2.24. The van der Waals surface area contributed by atoms with E-state index in [1.165, 1.54) is 25.0 Å². The van der Waals surface area contributed by atoms with Gasteiger partial charge in [-0.1, -0.05) is 12.8 Å². The largest absolute Gasteiger partial charge is 0.493 e. The van der Waals surface area contributed by atoms with E-state index in [4.69, 9.17) is 10.5 Å². The molecule has 35 heavy (non-hydrogen) atoms. The highest BCUT2D eigenvalue weighted by molar-refractivity contribution is 5.96. The van der Waals surface area contributed by atoms with Crippen LogP contribution in [0.2, 0.25) is 0 Å². The third-order valence-electron chi connectivity index (χ3n) is 6.43. The molecule has 8 nitrogen and oxygen atoms in total. The first-order valence-corrected chi connectivity index (χ1v) is 11.7. The number of carbonyl (C=O) groups is 1. The number of nitrogens with zero attached hydrogens (tertiary/aromatic N) is 4. The molecule has 3 heterocycles. The number of nitrogens with two attached hydrogens (primary N) is 1. The number of amides is 1. The van der Waals surface area contributed by atoms with Gasteiger partial charge in [-0.2, -0.15) is 4.98 Å². The van der Waals surface area contributed by atoms with Crippen molar-refractivity contribution in [3.8, 4) is 16.9 Å². The number of aromatic nitrogens is 4. The van der Waals surface area contributed by atoms with Gasteiger partial charge < -0.3 is 15.8 Å². The molecule has 1 aliphatic carbocycles. The Morgan fingerprint density at radius 3 is 2.86 bits per heavy atom. The number of nitrogen functional groups attached to an aromatic ring is 1. The van der Waals surface area contributed by atoms with Gasteiger partial charge in [0.2, 0.25) is 5.95 Å². The van der Waals surface area contributed by atoms with E-state index >= 15 is 0 Å². The summed E-state index contributed by atoms with van der Waals surface area (Å²) in [6.45, 7) is 2.53. The van der Waals surface area contributed by atoms with Crippen molar-refractivity contribution >= 4 is 17.5 Å². The molecule has 1 aromatic carbocycles. The van der Waals surface area contributed by atoms with Gasteiger partial charge >= 0.3 is 0 Å². The van der Waals surface area contributed by atoms with Gasteiger partial charge in [-0.3, -0.25) is 9.78 Å². The maximum atomic E-state index is 14.0. The first-order valence-electron chi connectivity index (χ1n) is 11.7. The van der Waals surface area contributed by atoms with Crippen LogP contribution in [0.4, 0.5) is 10.3 Å². The molecule has 1 fully saturated rings. The first-order chi connectivity index (χ1) is 17.0. The minimum Gasteiger partial charge on any atom is -0.493 e. The second kappa shape index (κ2) is 9.69. The van der Waals surface area contributed by atoms with Crippen molar-refractivity contribution in [2.45, 2.75) is 39.2 Å². The molecule has 0 unspecified atom stereocenters. The fourth-order valence-electron chi connectivity index (χ4n) is 4.48. The zero-order valence-electron chi connectivity index (χ0n) is 19.5. The summed E-state index contributed by atoms with van der Waals surface area (Å²) in [5, 5.41) is 6.97. The smallest absolute Gasteiger partial charge is 0.253 e. The van der Waals surface area contributed by atoms with Crippen molar-refractivity contribution in [1.82, 2.24) is 24.9 Å². The topological polar surface area (TPSA) is 107 Å². The Kier molecular flexibility index (Phi) is 6.31. The van der Waals surface area contributed by atoms with Gasteiger partial charge in [-0.05, 0) is 67.6 Å². The van der Waals surface area contributed by atoms with Crippen LogP contribution in [0.1, 0.15) is 47.3 Å². The lowest BCUT2D eigenvalue weighted by molar-refractivity contribution is 0.0949. The number of fused-ring (bicyclic) bond motifs is 1. The average molecular weight is 475 g/mol. The monoisotopic (exact) mass is 474 g/mol. The van der Waals surface area contributed by atoms with Gasteiger partial charge in [0.25, 0.3) is 5.91 Å². The number of pyridine rings is 2. The SMILES string of the molecule is Cc1ncc(-c2ccn3nc(N)nc3c2)cc1C(=O)NCc1cc(F)ccc1OCC1CCCC1. The zero-order valence-corrected chi connectivity index (χ0v) is 19.5. The maximum absolute atomic E-state index is 14.0. The quantitative estimate of drug-likeness (QED) is 0.413. The molecule has 1 amide bonds. The molecular weight excluding hydrogens is 447 g/mol.